The summed E-state index contributed by atoms with van der Waals surface area (Å²) in [6.07, 6.45) is 1.76. The van der Waals surface area contributed by atoms with Crippen LogP contribution in [0.4, 0.5) is 0 Å². The zero-order chi connectivity index (χ0) is 6.53. The van der Waals surface area contributed by atoms with Crippen molar-refractivity contribution in [2.75, 3.05) is 26.4 Å². The van der Waals surface area contributed by atoms with Gasteiger partial charge in [-0.2, -0.15) is 0 Å². The molecule has 1 aliphatic heterocycles. The van der Waals surface area contributed by atoms with Crippen LogP contribution in [0.1, 0.15) is 0 Å². The summed E-state index contributed by atoms with van der Waals surface area (Å²) in [4.78, 5) is 0. The van der Waals surface area contributed by atoms with Crippen LogP contribution in [0.2, 0.25) is 0 Å². The van der Waals surface area contributed by atoms with Crippen molar-refractivity contribution in [3.05, 3.63) is 12.7 Å². The molecule has 0 N–H and O–H groups in total. The van der Waals surface area contributed by atoms with Gasteiger partial charge in [0.25, 0.3) is 0 Å². The highest BCUT2D eigenvalue weighted by molar-refractivity contribution is 4.67. The maximum Gasteiger partial charge on any atom is 0.0645 e. The van der Waals surface area contributed by atoms with E-state index in [1.165, 1.54) is 0 Å². The van der Waals surface area contributed by atoms with Crippen molar-refractivity contribution < 1.29 is 9.47 Å². The van der Waals surface area contributed by atoms with Crippen LogP contribution in [-0.2, 0) is 9.47 Å². The molecule has 0 aromatic rings. The number of hydrogen-bond acceptors (Lipinski definition) is 2. The van der Waals surface area contributed by atoms with E-state index in [1.54, 1.807) is 6.08 Å². The first kappa shape index (κ1) is 6.78. The minimum atomic E-state index is 0.643. The zero-order valence-electron chi connectivity index (χ0n) is 5.51. The van der Waals surface area contributed by atoms with Crippen molar-refractivity contribution in [1.29, 1.82) is 0 Å². The summed E-state index contributed by atoms with van der Waals surface area (Å²) in [6.45, 7) is 6.78. The number of rotatable bonds is 4. The van der Waals surface area contributed by atoms with Gasteiger partial charge in [0.1, 0.15) is 0 Å². The fourth-order valence-electron chi connectivity index (χ4n) is 0.699. The van der Waals surface area contributed by atoms with Gasteiger partial charge < -0.3 is 9.47 Å². The van der Waals surface area contributed by atoms with Crippen LogP contribution in [0.25, 0.3) is 0 Å². The molecule has 1 saturated heterocycles. The molecule has 2 heteroatoms. The summed E-state index contributed by atoms with van der Waals surface area (Å²) in [5.74, 6) is 0.643. The highest BCUT2D eigenvalue weighted by Gasteiger charge is 2.17. The van der Waals surface area contributed by atoms with E-state index in [4.69, 9.17) is 9.47 Å². The SMILES string of the molecule is C=CCOCC1COC1. The van der Waals surface area contributed by atoms with Crippen molar-refractivity contribution in [2.45, 2.75) is 0 Å². The highest BCUT2D eigenvalue weighted by Crippen LogP contribution is 2.09. The predicted octanol–water partition coefficient (Wildman–Crippen LogP) is 0.835. The average Bonchev–Trinajstić information content (AvgIpc) is 1.76. The fourth-order valence-corrected chi connectivity index (χ4v) is 0.699. The molecule has 0 bridgehead atoms. The van der Waals surface area contributed by atoms with Crippen molar-refractivity contribution in [1.82, 2.24) is 0 Å². The maximum atomic E-state index is 5.19. The van der Waals surface area contributed by atoms with Crippen LogP contribution in [-0.4, -0.2) is 26.4 Å². The average molecular weight is 128 g/mol. The van der Waals surface area contributed by atoms with E-state index < -0.39 is 0 Å². The minimum absolute atomic E-state index is 0.643. The molecular formula is C7H12O2. The Morgan fingerprint density at radius 3 is 2.89 bits per heavy atom. The Morgan fingerprint density at radius 1 is 1.67 bits per heavy atom. The maximum absolute atomic E-state index is 5.19. The molecule has 2 nitrogen and oxygen atoms in total. The van der Waals surface area contributed by atoms with E-state index >= 15 is 0 Å². The van der Waals surface area contributed by atoms with Gasteiger partial charge >= 0.3 is 0 Å². The highest BCUT2D eigenvalue weighted by atomic mass is 16.5. The third-order valence-electron chi connectivity index (χ3n) is 1.30. The van der Waals surface area contributed by atoms with Gasteiger partial charge in [-0.25, -0.2) is 0 Å². The van der Waals surface area contributed by atoms with Gasteiger partial charge in [-0.1, -0.05) is 6.08 Å². The molecule has 0 aliphatic carbocycles. The smallest absolute Gasteiger partial charge is 0.0645 e. The standard InChI is InChI=1S/C7H12O2/c1-2-3-8-4-7-5-9-6-7/h2,7H,1,3-6H2. The molecule has 0 aromatic carbocycles. The van der Waals surface area contributed by atoms with Crippen LogP contribution in [0.15, 0.2) is 12.7 Å². The lowest BCUT2D eigenvalue weighted by Crippen LogP contribution is -2.31. The Kier molecular flexibility index (Phi) is 2.74. The van der Waals surface area contributed by atoms with Crippen LogP contribution >= 0.6 is 0 Å². The molecule has 1 heterocycles. The summed E-state index contributed by atoms with van der Waals surface area (Å²) in [5, 5.41) is 0. The van der Waals surface area contributed by atoms with E-state index in [9.17, 15) is 0 Å². The lowest BCUT2D eigenvalue weighted by atomic mass is 10.1. The second-order valence-electron chi connectivity index (χ2n) is 2.23. The second kappa shape index (κ2) is 3.64. The van der Waals surface area contributed by atoms with Gasteiger partial charge in [-0.05, 0) is 0 Å². The molecule has 0 aromatic heterocycles. The van der Waals surface area contributed by atoms with Crippen LogP contribution in [0.5, 0.6) is 0 Å². The van der Waals surface area contributed by atoms with Crippen molar-refractivity contribution in [3.8, 4) is 0 Å². The summed E-state index contributed by atoms with van der Waals surface area (Å²) < 4.78 is 10.1. The molecule has 0 spiro atoms. The van der Waals surface area contributed by atoms with Gasteiger partial charge in [0.05, 0.1) is 26.4 Å². The third-order valence-corrected chi connectivity index (χ3v) is 1.30. The molecule has 1 fully saturated rings. The molecule has 0 radical (unpaired) electrons. The third kappa shape index (κ3) is 2.16. The van der Waals surface area contributed by atoms with Crippen LogP contribution in [0, 0.1) is 5.92 Å². The lowest BCUT2D eigenvalue weighted by molar-refractivity contribution is -0.0679. The van der Waals surface area contributed by atoms with E-state index in [0.717, 1.165) is 19.8 Å². The Hall–Kier alpha value is -0.340. The van der Waals surface area contributed by atoms with Crippen LogP contribution < -0.4 is 0 Å². The predicted molar refractivity (Wildman–Crippen MR) is 35.3 cm³/mol. The molecule has 0 atom stereocenters. The normalized spacial score (nSPS) is 19.1. The summed E-state index contributed by atoms with van der Waals surface area (Å²) >= 11 is 0. The van der Waals surface area contributed by atoms with Crippen molar-refractivity contribution in [3.63, 3.8) is 0 Å². The Balaban J connectivity index is 1.85. The minimum Gasteiger partial charge on any atom is -0.381 e. The molecule has 0 unspecified atom stereocenters. The van der Waals surface area contributed by atoms with Gasteiger partial charge in [-0.3, -0.25) is 0 Å². The van der Waals surface area contributed by atoms with E-state index in [-0.39, 0.29) is 0 Å². The lowest BCUT2D eigenvalue weighted by Gasteiger charge is -2.25. The topological polar surface area (TPSA) is 18.5 Å². The summed E-state index contributed by atoms with van der Waals surface area (Å²) in [5.41, 5.74) is 0. The van der Waals surface area contributed by atoms with Crippen molar-refractivity contribution in [2.24, 2.45) is 5.92 Å². The first-order valence-electron chi connectivity index (χ1n) is 3.20. The van der Waals surface area contributed by atoms with Crippen molar-refractivity contribution >= 4 is 0 Å². The van der Waals surface area contributed by atoms with E-state index in [2.05, 4.69) is 6.58 Å². The Labute approximate surface area is 55.5 Å². The fraction of sp³-hybridized carbons (Fsp3) is 0.714. The molecule has 9 heavy (non-hydrogen) atoms. The zero-order valence-corrected chi connectivity index (χ0v) is 5.51. The summed E-state index contributed by atoms with van der Waals surface area (Å²) in [6, 6.07) is 0. The van der Waals surface area contributed by atoms with Gasteiger partial charge in [0.2, 0.25) is 0 Å². The molecule has 0 amide bonds. The van der Waals surface area contributed by atoms with Gasteiger partial charge in [0.15, 0.2) is 0 Å². The number of ether oxygens (including phenoxy) is 2. The monoisotopic (exact) mass is 128 g/mol. The quantitative estimate of drug-likeness (QED) is 0.412. The molecule has 0 saturated carbocycles. The van der Waals surface area contributed by atoms with Gasteiger partial charge in [0, 0.05) is 5.92 Å². The Morgan fingerprint density at radius 2 is 2.44 bits per heavy atom. The van der Waals surface area contributed by atoms with E-state index in [1.807, 2.05) is 0 Å². The number of hydrogen-bond donors (Lipinski definition) is 0. The molecular weight excluding hydrogens is 116 g/mol. The largest absolute Gasteiger partial charge is 0.381 e. The second-order valence-corrected chi connectivity index (χ2v) is 2.23. The molecule has 1 aliphatic rings. The molecule has 52 valence electrons. The first-order valence-corrected chi connectivity index (χ1v) is 3.20. The summed E-state index contributed by atoms with van der Waals surface area (Å²) in [7, 11) is 0. The molecule has 1 rings (SSSR count). The van der Waals surface area contributed by atoms with Crippen LogP contribution in [0.3, 0.4) is 0 Å². The first-order chi connectivity index (χ1) is 4.43. The Bertz CT molecular complexity index is 86.9. The van der Waals surface area contributed by atoms with E-state index in [0.29, 0.717) is 12.5 Å². The van der Waals surface area contributed by atoms with Gasteiger partial charge in [-0.15, -0.1) is 6.58 Å².